The van der Waals surface area contributed by atoms with Crippen molar-refractivity contribution in [1.29, 1.82) is 0 Å². The first-order chi connectivity index (χ1) is 17.5. The summed E-state index contributed by atoms with van der Waals surface area (Å²) < 4.78 is 68.5. The van der Waals surface area contributed by atoms with Gasteiger partial charge in [0.05, 0.1) is 24.2 Å². The number of hydrogen-bond acceptors (Lipinski definition) is 6. The number of anilines is 2. The van der Waals surface area contributed by atoms with E-state index in [4.69, 9.17) is 0 Å². The van der Waals surface area contributed by atoms with Crippen molar-refractivity contribution >= 4 is 17.4 Å². The Morgan fingerprint density at radius 3 is 2.57 bits per heavy atom. The molecule has 0 aliphatic heterocycles. The Labute approximate surface area is 206 Å². The summed E-state index contributed by atoms with van der Waals surface area (Å²) in [5, 5.41) is 20.4. The number of nitrogens with zero attached hydrogens (tertiary/aromatic N) is 4. The summed E-state index contributed by atoms with van der Waals surface area (Å²) in [4.78, 5) is 20.8. The lowest BCUT2D eigenvalue weighted by atomic mass is 9.92. The molecule has 13 heteroatoms. The Kier molecular flexibility index (Phi) is 7.16. The first-order valence-corrected chi connectivity index (χ1v) is 10.7. The van der Waals surface area contributed by atoms with Crippen LogP contribution >= 0.6 is 0 Å². The van der Waals surface area contributed by atoms with Crippen molar-refractivity contribution < 1.29 is 31.9 Å². The third-order valence-corrected chi connectivity index (χ3v) is 5.37. The van der Waals surface area contributed by atoms with Gasteiger partial charge in [0.15, 0.2) is 0 Å². The molecule has 0 saturated carbocycles. The summed E-state index contributed by atoms with van der Waals surface area (Å²) in [6, 6.07) is 9.77. The van der Waals surface area contributed by atoms with Gasteiger partial charge in [-0.3, -0.25) is 4.79 Å². The molecule has 0 aliphatic carbocycles. The Hall–Kier alpha value is -4.39. The molecule has 0 saturated heterocycles. The largest absolute Gasteiger partial charge is 0.416 e. The van der Waals surface area contributed by atoms with Gasteiger partial charge in [0.2, 0.25) is 0 Å². The standard InChI is InChI=1S/C24H19F5N6O2/c25-16-6-7-19(20(26)10-16)23(37,12-35-14-30-13-33-35)11-32-22(36)18-5-2-8-31-21(18)34-17-4-1-3-15(9-17)24(27,28)29/h1-10,13-14,37H,11-12H2,(H,31,34)(H,32,36)/t23-/m0/s1. The molecule has 1 atom stereocenters. The van der Waals surface area contributed by atoms with Crippen LogP contribution in [0.1, 0.15) is 21.5 Å². The maximum Gasteiger partial charge on any atom is 0.416 e. The molecule has 192 valence electrons. The van der Waals surface area contributed by atoms with E-state index in [1.54, 1.807) is 0 Å². The number of alkyl halides is 3. The molecule has 0 radical (unpaired) electrons. The van der Waals surface area contributed by atoms with Gasteiger partial charge >= 0.3 is 6.18 Å². The van der Waals surface area contributed by atoms with Gasteiger partial charge in [0, 0.05) is 23.5 Å². The predicted octanol–water partition coefficient (Wildman–Crippen LogP) is 4.03. The molecule has 2 aromatic carbocycles. The number of benzene rings is 2. The molecule has 0 fully saturated rings. The molecular formula is C24H19F5N6O2. The third kappa shape index (κ3) is 6.06. The van der Waals surface area contributed by atoms with E-state index in [1.807, 2.05) is 0 Å². The van der Waals surface area contributed by atoms with E-state index in [0.717, 1.165) is 24.3 Å². The topological polar surface area (TPSA) is 105 Å². The van der Waals surface area contributed by atoms with Gasteiger partial charge in [0.1, 0.15) is 35.7 Å². The molecule has 8 nitrogen and oxygen atoms in total. The van der Waals surface area contributed by atoms with E-state index in [2.05, 4.69) is 25.7 Å². The van der Waals surface area contributed by atoms with E-state index < -0.39 is 41.4 Å². The normalized spacial score (nSPS) is 13.1. The minimum absolute atomic E-state index is 0.0404. The van der Waals surface area contributed by atoms with Crippen LogP contribution < -0.4 is 10.6 Å². The minimum atomic E-state index is -4.56. The van der Waals surface area contributed by atoms with Gasteiger partial charge in [-0.05, 0) is 36.4 Å². The minimum Gasteiger partial charge on any atom is -0.381 e. The van der Waals surface area contributed by atoms with Crippen molar-refractivity contribution in [2.45, 2.75) is 18.3 Å². The fourth-order valence-corrected chi connectivity index (χ4v) is 3.61. The molecular weight excluding hydrogens is 499 g/mol. The summed E-state index contributed by atoms with van der Waals surface area (Å²) in [6.45, 7) is -0.871. The van der Waals surface area contributed by atoms with Gasteiger partial charge in [-0.25, -0.2) is 23.4 Å². The molecule has 4 rings (SSSR count). The van der Waals surface area contributed by atoms with Crippen LogP contribution in [0.5, 0.6) is 0 Å². The maximum atomic E-state index is 14.6. The fourth-order valence-electron chi connectivity index (χ4n) is 3.61. The van der Waals surface area contributed by atoms with E-state index in [9.17, 15) is 31.9 Å². The molecule has 0 bridgehead atoms. The van der Waals surface area contributed by atoms with E-state index in [0.29, 0.717) is 6.07 Å². The smallest absolute Gasteiger partial charge is 0.381 e. The van der Waals surface area contributed by atoms with Crippen LogP contribution in [0.2, 0.25) is 0 Å². The summed E-state index contributed by atoms with van der Waals surface area (Å²) in [5.41, 5.74) is -3.27. The first kappa shape index (κ1) is 25.7. The molecule has 1 amide bonds. The van der Waals surface area contributed by atoms with E-state index >= 15 is 0 Å². The molecule has 0 spiro atoms. The van der Waals surface area contributed by atoms with Crippen molar-refractivity contribution in [2.75, 3.05) is 11.9 Å². The highest BCUT2D eigenvalue weighted by molar-refractivity contribution is 5.99. The fraction of sp³-hybridized carbons (Fsp3) is 0.167. The number of aliphatic hydroxyl groups is 1. The number of nitrogens with one attached hydrogen (secondary N) is 2. The van der Waals surface area contributed by atoms with Crippen LogP contribution in [0.4, 0.5) is 33.5 Å². The Bertz CT molecular complexity index is 1400. The lowest BCUT2D eigenvalue weighted by Gasteiger charge is -2.29. The monoisotopic (exact) mass is 518 g/mol. The van der Waals surface area contributed by atoms with Crippen molar-refractivity contribution in [3.8, 4) is 0 Å². The average Bonchev–Trinajstić information content (AvgIpc) is 3.35. The zero-order valence-electron chi connectivity index (χ0n) is 18.9. The van der Waals surface area contributed by atoms with Gasteiger partial charge in [-0.15, -0.1) is 0 Å². The van der Waals surface area contributed by atoms with Crippen LogP contribution in [0.15, 0.2) is 73.4 Å². The number of hydrogen-bond donors (Lipinski definition) is 3. The van der Waals surface area contributed by atoms with Gasteiger partial charge in [0.25, 0.3) is 5.91 Å². The number of aromatic nitrogens is 4. The summed E-state index contributed by atoms with van der Waals surface area (Å²) in [5.74, 6) is -2.70. The van der Waals surface area contributed by atoms with Gasteiger partial charge in [-0.2, -0.15) is 18.3 Å². The Balaban J connectivity index is 1.57. The second kappa shape index (κ2) is 10.3. The Morgan fingerprint density at radius 1 is 1.05 bits per heavy atom. The molecule has 0 unspecified atom stereocenters. The molecule has 3 N–H and O–H groups in total. The van der Waals surface area contributed by atoms with Crippen LogP contribution in [-0.2, 0) is 18.3 Å². The zero-order chi connectivity index (χ0) is 26.6. The number of rotatable bonds is 8. The number of amides is 1. The highest BCUT2D eigenvalue weighted by Crippen LogP contribution is 2.32. The summed E-state index contributed by atoms with van der Waals surface area (Å²) in [7, 11) is 0. The molecule has 4 aromatic rings. The van der Waals surface area contributed by atoms with Crippen molar-refractivity contribution in [3.05, 3.63) is 102 Å². The second-order valence-electron chi connectivity index (χ2n) is 8.03. The van der Waals surface area contributed by atoms with Crippen molar-refractivity contribution in [1.82, 2.24) is 25.1 Å². The van der Waals surface area contributed by atoms with Crippen molar-refractivity contribution in [2.24, 2.45) is 0 Å². The number of carbonyl (C=O) groups is 1. The van der Waals surface area contributed by atoms with Gasteiger partial charge < -0.3 is 15.7 Å². The predicted molar refractivity (Wildman–Crippen MR) is 122 cm³/mol. The van der Waals surface area contributed by atoms with Crippen LogP contribution in [0.3, 0.4) is 0 Å². The number of halogens is 5. The van der Waals surface area contributed by atoms with Crippen LogP contribution in [0.25, 0.3) is 0 Å². The summed E-state index contributed by atoms with van der Waals surface area (Å²) in [6.07, 6.45) is -0.762. The molecule has 2 heterocycles. The van der Waals surface area contributed by atoms with Crippen LogP contribution in [-0.4, -0.2) is 37.3 Å². The maximum absolute atomic E-state index is 14.6. The second-order valence-corrected chi connectivity index (χ2v) is 8.03. The zero-order valence-corrected chi connectivity index (χ0v) is 18.9. The quantitative estimate of drug-likeness (QED) is 0.304. The molecule has 2 aromatic heterocycles. The average molecular weight is 518 g/mol. The SMILES string of the molecule is O=C(NC[C@](O)(Cn1cncn1)c1ccc(F)cc1F)c1cccnc1Nc1cccc(C(F)(F)F)c1. The first-order valence-electron chi connectivity index (χ1n) is 10.7. The Morgan fingerprint density at radius 2 is 1.86 bits per heavy atom. The lowest BCUT2D eigenvalue weighted by Crippen LogP contribution is -2.44. The van der Waals surface area contributed by atoms with E-state index in [1.165, 1.54) is 47.8 Å². The van der Waals surface area contributed by atoms with Crippen molar-refractivity contribution in [3.63, 3.8) is 0 Å². The lowest BCUT2D eigenvalue weighted by molar-refractivity contribution is -0.137. The van der Waals surface area contributed by atoms with Gasteiger partial charge in [-0.1, -0.05) is 12.1 Å². The number of pyridine rings is 1. The molecule has 0 aliphatic rings. The molecule has 37 heavy (non-hydrogen) atoms. The number of carbonyl (C=O) groups excluding carboxylic acids is 1. The summed E-state index contributed by atoms with van der Waals surface area (Å²) >= 11 is 0. The highest BCUT2D eigenvalue weighted by atomic mass is 19.4. The van der Waals surface area contributed by atoms with E-state index in [-0.39, 0.29) is 29.2 Å². The highest BCUT2D eigenvalue weighted by Gasteiger charge is 2.34. The van der Waals surface area contributed by atoms with Crippen LogP contribution in [0, 0.1) is 11.6 Å². The third-order valence-electron chi connectivity index (χ3n) is 5.37.